The van der Waals surface area contributed by atoms with Crippen molar-refractivity contribution in [2.45, 2.75) is 19.3 Å². The van der Waals surface area contributed by atoms with Crippen LogP contribution >= 0.6 is 34.5 Å². The van der Waals surface area contributed by atoms with Gasteiger partial charge in [-0.05, 0) is 31.4 Å². The van der Waals surface area contributed by atoms with Crippen LogP contribution in [0.3, 0.4) is 0 Å². The number of hydrogen-bond acceptors (Lipinski definition) is 6. The lowest BCUT2D eigenvalue weighted by Crippen LogP contribution is -2.29. The van der Waals surface area contributed by atoms with Gasteiger partial charge >= 0.3 is 0 Å². The first-order chi connectivity index (χ1) is 12.6. The molecule has 1 amide bonds. The first-order valence-corrected chi connectivity index (χ1v) is 9.81. The third-order valence-electron chi connectivity index (χ3n) is 3.79. The molecule has 1 saturated heterocycles. The summed E-state index contributed by atoms with van der Waals surface area (Å²) in [5, 5.41) is 5.66. The van der Waals surface area contributed by atoms with Gasteiger partial charge in [0.1, 0.15) is 5.75 Å². The van der Waals surface area contributed by atoms with E-state index in [4.69, 9.17) is 27.9 Å². The molecule has 2 aromatic rings. The van der Waals surface area contributed by atoms with Gasteiger partial charge in [0, 0.05) is 13.1 Å². The second-order valence-electron chi connectivity index (χ2n) is 5.71. The van der Waals surface area contributed by atoms with Crippen LogP contribution in [0.1, 0.15) is 24.1 Å². The fourth-order valence-electron chi connectivity index (χ4n) is 2.50. The summed E-state index contributed by atoms with van der Waals surface area (Å²) in [7, 11) is 0. The lowest BCUT2D eigenvalue weighted by Gasteiger charge is -2.25. The highest BCUT2D eigenvalue weighted by Gasteiger charge is 2.16. The molecule has 0 bridgehead atoms. The van der Waals surface area contributed by atoms with Crippen LogP contribution in [0, 0.1) is 0 Å². The van der Waals surface area contributed by atoms with E-state index in [9.17, 15) is 4.79 Å². The number of halogens is 2. The molecule has 1 aliphatic rings. The molecule has 1 N–H and O–H groups in total. The van der Waals surface area contributed by atoms with E-state index in [1.54, 1.807) is 24.3 Å². The quantitative estimate of drug-likeness (QED) is 0.575. The molecule has 1 aromatic carbocycles. The minimum absolute atomic E-state index is 0.184. The largest absolute Gasteiger partial charge is 0.482 e. The Morgan fingerprint density at radius 2 is 2.08 bits per heavy atom. The van der Waals surface area contributed by atoms with Crippen LogP contribution in [-0.4, -0.2) is 36.8 Å². The van der Waals surface area contributed by atoms with Gasteiger partial charge in [-0.2, -0.15) is 5.10 Å². The number of carbonyl (C=O) groups is 1. The summed E-state index contributed by atoms with van der Waals surface area (Å²) in [6, 6.07) is 6.95. The fraction of sp³-hybridized carbons (Fsp3) is 0.353. The highest BCUT2D eigenvalue weighted by atomic mass is 35.5. The Kier molecular flexibility index (Phi) is 6.71. The number of thiazole rings is 1. The lowest BCUT2D eigenvalue weighted by atomic mass is 10.1. The molecule has 3 rings (SSSR count). The third-order valence-corrected chi connectivity index (χ3v) is 5.55. The van der Waals surface area contributed by atoms with Crippen LogP contribution in [0.25, 0.3) is 0 Å². The van der Waals surface area contributed by atoms with E-state index < -0.39 is 5.91 Å². The molecule has 1 aromatic heterocycles. The molecule has 0 radical (unpaired) electrons. The highest BCUT2D eigenvalue weighted by molar-refractivity contribution is 7.17. The van der Waals surface area contributed by atoms with Crippen molar-refractivity contribution in [2.24, 2.45) is 5.10 Å². The van der Waals surface area contributed by atoms with Gasteiger partial charge in [-0.25, -0.2) is 10.4 Å². The van der Waals surface area contributed by atoms with Crippen LogP contribution < -0.4 is 15.1 Å². The maximum absolute atomic E-state index is 11.8. The molecular formula is C17H18Cl2N4O2S. The number of aromatic nitrogens is 1. The van der Waals surface area contributed by atoms with E-state index in [-0.39, 0.29) is 6.61 Å². The summed E-state index contributed by atoms with van der Waals surface area (Å²) in [6.45, 7) is 1.81. The number of rotatable bonds is 6. The highest BCUT2D eigenvalue weighted by Crippen LogP contribution is 2.30. The summed E-state index contributed by atoms with van der Waals surface area (Å²) >= 11 is 13.6. The number of benzene rings is 1. The number of anilines is 1. The van der Waals surface area contributed by atoms with E-state index in [1.165, 1.54) is 36.8 Å². The zero-order chi connectivity index (χ0) is 18.4. The molecule has 9 heteroatoms. The van der Waals surface area contributed by atoms with Gasteiger partial charge in [0.15, 0.2) is 16.9 Å². The molecule has 0 unspecified atom stereocenters. The molecule has 138 valence electrons. The zero-order valence-corrected chi connectivity index (χ0v) is 16.3. The number of carbonyl (C=O) groups excluding carboxylic acids is 1. The smallest absolute Gasteiger partial charge is 0.277 e. The molecular weight excluding hydrogens is 395 g/mol. The van der Waals surface area contributed by atoms with Crippen LogP contribution in [0.5, 0.6) is 5.75 Å². The molecule has 0 atom stereocenters. The Hall–Kier alpha value is -1.83. The summed E-state index contributed by atoms with van der Waals surface area (Å²) in [4.78, 5) is 19.1. The van der Waals surface area contributed by atoms with E-state index >= 15 is 0 Å². The molecule has 26 heavy (non-hydrogen) atoms. The number of piperidine rings is 1. The molecule has 1 fully saturated rings. The Labute approximate surface area is 165 Å². The van der Waals surface area contributed by atoms with Crippen LogP contribution in [-0.2, 0) is 4.79 Å². The van der Waals surface area contributed by atoms with Gasteiger partial charge in [0.2, 0.25) is 0 Å². The SMILES string of the molecule is O=C(COc1ccccc1Cl)N/N=C\c1sc(N2CCCCC2)nc1Cl. The van der Waals surface area contributed by atoms with Crippen LogP contribution in [0.15, 0.2) is 29.4 Å². The monoisotopic (exact) mass is 412 g/mol. The average Bonchev–Trinajstić information content (AvgIpc) is 3.03. The van der Waals surface area contributed by atoms with Crippen LogP contribution in [0.2, 0.25) is 10.2 Å². The summed E-state index contributed by atoms with van der Waals surface area (Å²) in [5.74, 6) is 0.0584. The van der Waals surface area contributed by atoms with Gasteiger partial charge in [0.05, 0.1) is 16.1 Å². The maximum Gasteiger partial charge on any atom is 0.277 e. The Balaban J connectivity index is 1.51. The topological polar surface area (TPSA) is 66.8 Å². The summed E-state index contributed by atoms with van der Waals surface area (Å²) in [6.07, 6.45) is 5.09. The Morgan fingerprint density at radius 3 is 2.85 bits per heavy atom. The number of nitrogens with zero attached hydrogens (tertiary/aromatic N) is 3. The minimum atomic E-state index is -0.391. The van der Waals surface area contributed by atoms with Gasteiger partial charge in [-0.1, -0.05) is 46.7 Å². The predicted molar refractivity (Wildman–Crippen MR) is 106 cm³/mol. The summed E-state index contributed by atoms with van der Waals surface area (Å²) < 4.78 is 5.35. The van der Waals surface area contributed by atoms with Crippen molar-refractivity contribution >= 4 is 51.8 Å². The third kappa shape index (κ3) is 5.09. The second kappa shape index (κ2) is 9.21. The van der Waals surface area contributed by atoms with Crippen molar-refractivity contribution < 1.29 is 9.53 Å². The normalized spacial score (nSPS) is 14.6. The van der Waals surface area contributed by atoms with Crippen LogP contribution in [0.4, 0.5) is 5.13 Å². The molecule has 0 spiro atoms. The predicted octanol–water partition coefficient (Wildman–Crippen LogP) is 3.97. The first kappa shape index (κ1) is 18.9. The molecule has 0 aliphatic carbocycles. The van der Waals surface area contributed by atoms with E-state index in [2.05, 4.69) is 20.4 Å². The maximum atomic E-state index is 11.8. The van der Waals surface area contributed by atoms with Crippen molar-refractivity contribution in [3.8, 4) is 5.75 Å². The number of hydrogen-bond donors (Lipinski definition) is 1. The van der Waals surface area contributed by atoms with Gasteiger partial charge < -0.3 is 9.64 Å². The van der Waals surface area contributed by atoms with Crippen molar-refractivity contribution in [3.63, 3.8) is 0 Å². The van der Waals surface area contributed by atoms with E-state index in [1.807, 2.05) is 0 Å². The van der Waals surface area contributed by atoms with E-state index in [0.29, 0.717) is 20.8 Å². The van der Waals surface area contributed by atoms with Crippen molar-refractivity contribution in [2.75, 3.05) is 24.6 Å². The van der Waals surface area contributed by atoms with Gasteiger partial charge in [0.25, 0.3) is 5.91 Å². The average molecular weight is 413 g/mol. The van der Waals surface area contributed by atoms with E-state index in [0.717, 1.165) is 18.2 Å². The van der Waals surface area contributed by atoms with Gasteiger partial charge in [-0.3, -0.25) is 4.79 Å². The second-order valence-corrected chi connectivity index (χ2v) is 7.49. The first-order valence-electron chi connectivity index (χ1n) is 8.24. The molecule has 0 saturated carbocycles. The van der Waals surface area contributed by atoms with Crippen molar-refractivity contribution in [3.05, 3.63) is 39.3 Å². The molecule has 2 heterocycles. The number of nitrogens with one attached hydrogen (secondary N) is 1. The van der Waals surface area contributed by atoms with Crippen molar-refractivity contribution in [1.29, 1.82) is 0 Å². The number of ether oxygens (including phenoxy) is 1. The molecule has 1 aliphatic heterocycles. The zero-order valence-electron chi connectivity index (χ0n) is 14.0. The Morgan fingerprint density at radius 1 is 1.31 bits per heavy atom. The summed E-state index contributed by atoms with van der Waals surface area (Å²) in [5.41, 5.74) is 2.41. The minimum Gasteiger partial charge on any atom is -0.482 e. The van der Waals surface area contributed by atoms with Crippen molar-refractivity contribution in [1.82, 2.24) is 10.4 Å². The Bertz CT molecular complexity index is 791. The molecule has 6 nitrogen and oxygen atoms in total. The number of para-hydroxylation sites is 1. The standard InChI is InChI=1S/C17H18Cl2N4O2S/c18-12-6-2-3-7-13(12)25-11-15(24)22-20-10-14-16(19)21-17(26-14)23-8-4-1-5-9-23/h2-3,6-7,10H,1,4-5,8-9,11H2,(H,22,24)/b20-10-. The van der Waals surface area contributed by atoms with Gasteiger partial charge in [-0.15, -0.1) is 0 Å². The number of amides is 1. The lowest BCUT2D eigenvalue weighted by molar-refractivity contribution is -0.123. The number of hydrazone groups is 1. The fourth-order valence-corrected chi connectivity index (χ4v) is 3.87.